The number of hydrogen-bond donors (Lipinski definition) is 3. The number of aromatic nitrogens is 8. The molecule has 0 saturated carbocycles. The van der Waals surface area contributed by atoms with E-state index in [-0.39, 0.29) is 5.75 Å². The fourth-order valence-corrected chi connectivity index (χ4v) is 3.94. The van der Waals surface area contributed by atoms with Crippen molar-refractivity contribution in [3.05, 3.63) is 42.7 Å². The maximum absolute atomic E-state index is 9.71. The van der Waals surface area contributed by atoms with E-state index in [2.05, 4.69) is 30.3 Å². The van der Waals surface area contributed by atoms with Gasteiger partial charge in [-0.05, 0) is 12.1 Å². The second-order valence-electron chi connectivity index (χ2n) is 7.87. The number of phenols is 1. The summed E-state index contributed by atoms with van der Waals surface area (Å²) in [6.45, 7) is 3.12. The Bertz CT molecular complexity index is 1450. The molecule has 12 heteroatoms. The molecule has 1 saturated heterocycles. The van der Waals surface area contributed by atoms with Crippen molar-refractivity contribution < 1.29 is 9.84 Å². The number of aromatic hydroxyl groups is 1. The van der Waals surface area contributed by atoms with Crippen molar-refractivity contribution in [1.29, 1.82) is 0 Å². The Kier molecular flexibility index (Phi) is 4.57. The number of aryl methyl sites for hydroxylation is 1. The van der Waals surface area contributed by atoms with Crippen LogP contribution >= 0.6 is 0 Å². The van der Waals surface area contributed by atoms with Crippen LogP contribution in [-0.4, -0.2) is 70.7 Å². The quantitative estimate of drug-likeness (QED) is 0.368. The topological polar surface area (TPSA) is 135 Å². The van der Waals surface area contributed by atoms with Crippen LogP contribution < -0.4 is 10.2 Å². The molecule has 33 heavy (non-hydrogen) atoms. The van der Waals surface area contributed by atoms with Crippen LogP contribution in [0.1, 0.15) is 5.82 Å². The first kappa shape index (κ1) is 19.5. The van der Waals surface area contributed by atoms with Crippen LogP contribution in [0.5, 0.6) is 5.75 Å². The van der Waals surface area contributed by atoms with Crippen molar-refractivity contribution in [2.75, 3.05) is 36.5 Å². The van der Waals surface area contributed by atoms with Crippen LogP contribution in [-0.2, 0) is 18.3 Å². The summed E-state index contributed by atoms with van der Waals surface area (Å²) >= 11 is 0. The lowest BCUT2D eigenvalue weighted by Crippen LogP contribution is -2.37. The molecule has 6 rings (SSSR count). The van der Waals surface area contributed by atoms with Gasteiger partial charge in [0.05, 0.1) is 42.7 Å². The largest absolute Gasteiger partial charge is 0.508 e. The van der Waals surface area contributed by atoms with Crippen molar-refractivity contribution in [2.24, 2.45) is 7.05 Å². The molecule has 0 spiro atoms. The van der Waals surface area contributed by atoms with Crippen LogP contribution in [0.25, 0.3) is 27.9 Å². The SMILES string of the molecule is Cn1cc(-n2cnc3c(NCc4nc5ccc(O)cc5[nH]4)nc(N4CCOCC4)nc32)cn1. The number of morpholine rings is 1. The minimum Gasteiger partial charge on any atom is -0.508 e. The van der Waals surface area contributed by atoms with Gasteiger partial charge in [-0.2, -0.15) is 15.1 Å². The Hall–Kier alpha value is -4.19. The molecule has 0 unspecified atom stereocenters. The molecule has 168 valence electrons. The standard InChI is InChI=1S/C21H22N10O2/c1-29-11-13(9-24-29)31-12-23-18-19(27-21(28-20(18)31)30-4-6-33-7-5-30)22-10-17-25-15-3-2-14(32)8-16(15)26-17/h2-3,8-9,11-12,32H,4-7,10H2,1H3,(H,25,26)(H,22,27,28). The summed E-state index contributed by atoms with van der Waals surface area (Å²) in [7, 11) is 1.87. The number of aromatic amines is 1. The van der Waals surface area contributed by atoms with Crippen LogP contribution in [0.4, 0.5) is 11.8 Å². The van der Waals surface area contributed by atoms with Crippen LogP contribution in [0, 0.1) is 0 Å². The summed E-state index contributed by atoms with van der Waals surface area (Å²) in [5.41, 5.74) is 3.78. The van der Waals surface area contributed by atoms with Crippen molar-refractivity contribution >= 4 is 34.0 Å². The Morgan fingerprint density at radius 3 is 2.88 bits per heavy atom. The number of H-pyrrole nitrogens is 1. The first-order valence-electron chi connectivity index (χ1n) is 10.6. The number of rotatable bonds is 5. The molecular weight excluding hydrogens is 424 g/mol. The molecule has 1 aliphatic heterocycles. The molecule has 1 aliphatic rings. The van der Waals surface area contributed by atoms with Crippen molar-refractivity contribution in [1.82, 2.24) is 39.3 Å². The number of benzene rings is 1. The molecule has 3 N–H and O–H groups in total. The summed E-state index contributed by atoms with van der Waals surface area (Å²) in [6, 6.07) is 5.05. The maximum Gasteiger partial charge on any atom is 0.229 e. The Balaban J connectivity index is 1.39. The second kappa shape index (κ2) is 7.74. The molecular formula is C21H22N10O2. The van der Waals surface area contributed by atoms with Gasteiger partial charge in [0, 0.05) is 32.4 Å². The summed E-state index contributed by atoms with van der Waals surface area (Å²) in [5, 5.41) is 17.3. The third-order valence-corrected chi connectivity index (χ3v) is 5.59. The van der Waals surface area contributed by atoms with Gasteiger partial charge in [-0.1, -0.05) is 0 Å². The summed E-state index contributed by atoms with van der Waals surface area (Å²) < 4.78 is 9.14. The fraction of sp³-hybridized carbons (Fsp3) is 0.286. The number of nitrogens with one attached hydrogen (secondary N) is 2. The highest BCUT2D eigenvalue weighted by Gasteiger charge is 2.20. The minimum atomic E-state index is 0.194. The lowest BCUT2D eigenvalue weighted by atomic mass is 10.3. The molecule has 0 radical (unpaired) electrons. The van der Waals surface area contributed by atoms with E-state index < -0.39 is 0 Å². The average Bonchev–Trinajstić information content (AvgIpc) is 3.55. The molecule has 0 amide bonds. The first-order valence-corrected chi connectivity index (χ1v) is 10.6. The van der Waals surface area contributed by atoms with Crippen molar-refractivity contribution in [3.63, 3.8) is 0 Å². The molecule has 5 heterocycles. The average molecular weight is 446 g/mol. The Morgan fingerprint density at radius 1 is 1.18 bits per heavy atom. The van der Waals surface area contributed by atoms with E-state index in [1.54, 1.807) is 35.4 Å². The normalized spacial score (nSPS) is 14.4. The molecule has 1 fully saturated rings. The highest BCUT2D eigenvalue weighted by molar-refractivity contribution is 5.85. The predicted octanol–water partition coefficient (Wildman–Crippen LogP) is 1.58. The summed E-state index contributed by atoms with van der Waals surface area (Å²) in [4.78, 5) is 24.1. The third kappa shape index (κ3) is 3.59. The van der Waals surface area contributed by atoms with Gasteiger partial charge in [0.15, 0.2) is 17.0 Å². The molecule has 0 aliphatic carbocycles. The molecule has 4 aromatic heterocycles. The Labute approximate surface area is 187 Å². The number of imidazole rings is 2. The number of anilines is 2. The molecule has 12 nitrogen and oxygen atoms in total. The van der Waals surface area contributed by atoms with E-state index >= 15 is 0 Å². The van der Waals surface area contributed by atoms with Gasteiger partial charge in [0.25, 0.3) is 0 Å². The zero-order valence-electron chi connectivity index (χ0n) is 17.9. The van der Waals surface area contributed by atoms with Crippen molar-refractivity contribution in [2.45, 2.75) is 6.54 Å². The van der Waals surface area contributed by atoms with E-state index in [1.807, 2.05) is 17.8 Å². The number of hydrogen-bond acceptors (Lipinski definition) is 9. The van der Waals surface area contributed by atoms with E-state index in [9.17, 15) is 5.11 Å². The number of nitrogens with zero attached hydrogens (tertiary/aromatic N) is 8. The van der Waals surface area contributed by atoms with Crippen LogP contribution in [0.3, 0.4) is 0 Å². The van der Waals surface area contributed by atoms with Gasteiger partial charge >= 0.3 is 0 Å². The van der Waals surface area contributed by atoms with E-state index in [1.165, 1.54) is 0 Å². The zero-order chi connectivity index (χ0) is 22.4. The van der Waals surface area contributed by atoms with Crippen LogP contribution in [0.15, 0.2) is 36.9 Å². The first-order chi connectivity index (χ1) is 16.1. The maximum atomic E-state index is 9.71. The highest BCUT2D eigenvalue weighted by atomic mass is 16.5. The third-order valence-electron chi connectivity index (χ3n) is 5.59. The Morgan fingerprint density at radius 2 is 2.06 bits per heavy atom. The van der Waals surface area contributed by atoms with Gasteiger partial charge in [0.2, 0.25) is 5.95 Å². The molecule has 1 aromatic carbocycles. The molecule has 0 bridgehead atoms. The lowest BCUT2D eigenvalue weighted by molar-refractivity contribution is 0.122. The number of ether oxygens (including phenoxy) is 1. The predicted molar refractivity (Wildman–Crippen MR) is 122 cm³/mol. The monoisotopic (exact) mass is 446 g/mol. The van der Waals surface area contributed by atoms with Gasteiger partial charge in [-0.3, -0.25) is 9.25 Å². The van der Waals surface area contributed by atoms with Crippen LogP contribution in [0.2, 0.25) is 0 Å². The lowest BCUT2D eigenvalue weighted by Gasteiger charge is -2.27. The fourth-order valence-electron chi connectivity index (χ4n) is 3.94. The summed E-state index contributed by atoms with van der Waals surface area (Å²) in [6.07, 6.45) is 5.41. The second-order valence-corrected chi connectivity index (χ2v) is 7.87. The smallest absolute Gasteiger partial charge is 0.229 e. The van der Waals surface area contributed by atoms with E-state index in [4.69, 9.17) is 14.7 Å². The minimum absolute atomic E-state index is 0.194. The number of phenolic OH excluding ortho intramolecular Hbond substituents is 1. The summed E-state index contributed by atoms with van der Waals surface area (Å²) in [5.74, 6) is 2.15. The number of fused-ring (bicyclic) bond motifs is 2. The highest BCUT2D eigenvalue weighted by Crippen LogP contribution is 2.26. The molecule has 0 atom stereocenters. The van der Waals surface area contributed by atoms with Gasteiger partial charge in [0.1, 0.15) is 17.9 Å². The van der Waals surface area contributed by atoms with Gasteiger partial charge < -0.3 is 25.0 Å². The van der Waals surface area contributed by atoms with E-state index in [0.717, 1.165) is 35.6 Å². The van der Waals surface area contributed by atoms with Crippen molar-refractivity contribution in [3.8, 4) is 11.4 Å². The van der Waals surface area contributed by atoms with Gasteiger partial charge in [-0.15, -0.1) is 0 Å². The molecule has 5 aromatic rings. The van der Waals surface area contributed by atoms with Gasteiger partial charge in [-0.25, -0.2) is 9.97 Å². The van der Waals surface area contributed by atoms with E-state index in [0.29, 0.717) is 42.7 Å². The zero-order valence-corrected chi connectivity index (χ0v) is 17.9.